The van der Waals surface area contributed by atoms with Gasteiger partial charge in [-0.2, -0.15) is 4.98 Å². The molecule has 0 aliphatic rings. The fraction of sp³-hybridized carbons (Fsp3) is 0.333. The van der Waals surface area contributed by atoms with Gasteiger partial charge in [0.25, 0.3) is 0 Å². The molecule has 1 heterocycles. The molecule has 2 aromatic rings. The van der Waals surface area contributed by atoms with Crippen molar-refractivity contribution in [1.82, 2.24) is 9.97 Å². The van der Waals surface area contributed by atoms with Gasteiger partial charge in [-0.25, -0.2) is 4.98 Å². The topological polar surface area (TPSA) is 47.0 Å². The Balaban J connectivity index is 2.23. The van der Waals surface area contributed by atoms with Gasteiger partial charge in [0, 0.05) is 22.8 Å². The fourth-order valence-corrected chi connectivity index (χ4v) is 2.16. The van der Waals surface area contributed by atoms with E-state index in [1.54, 1.807) is 6.20 Å². The molecule has 0 aliphatic heterocycles. The van der Waals surface area contributed by atoms with Gasteiger partial charge in [-0.1, -0.05) is 22.9 Å². The van der Waals surface area contributed by atoms with Gasteiger partial charge in [-0.05, 0) is 44.0 Å². The van der Waals surface area contributed by atoms with Crippen molar-refractivity contribution >= 4 is 21.9 Å². The van der Waals surface area contributed by atoms with Crippen molar-refractivity contribution in [1.29, 1.82) is 0 Å². The van der Waals surface area contributed by atoms with Crippen LogP contribution in [0.3, 0.4) is 0 Å². The molecular formula is C15H18BrN3O. The lowest BCUT2D eigenvalue weighted by Gasteiger charge is -2.11. The summed E-state index contributed by atoms with van der Waals surface area (Å²) in [7, 11) is 0. The molecule has 0 saturated carbocycles. The maximum Gasteiger partial charge on any atom is 0.226 e. The molecule has 5 heteroatoms. The summed E-state index contributed by atoms with van der Waals surface area (Å²) in [4.78, 5) is 8.66. The van der Waals surface area contributed by atoms with E-state index in [2.05, 4.69) is 38.1 Å². The molecule has 0 atom stereocenters. The third kappa shape index (κ3) is 3.70. The standard InChI is InChI=1S/C15H18BrN3O/c1-4-7-17-15-18-9-11(3)14(19-15)20-13-6-5-12(16)8-10(13)2/h5-6,8-9H,4,7H2,1-3H3,(H,17,18,19). The number of hydrogen-bond acceptors (Lipinski definition) is 4. The summed E-state index contributed by atoms with van der Waals surface area (Å²) in [5.41, 5.74) is 1.97. The third-order valence-electron chi connectivity index (χ3n) is 2.80. The van der Waals surface area contributed by atoms with Crippen molar-refractivity contribution < 1.29 is 4.74 Å². The van der Waals surface area contributed by atoms with E-state index in [4.69, 9.17) is 4.74 Å². The Kier molecular flexibility index (Phi) is 4.95. The van der Waals surface area contributed by atoms with Crippen LogP contribution in [0.4, 0.5) is 5.95 Å². The molecule has 1 N–H and O–H groups in total. The average molecular weight is 336 g/mol. The largest absolute Gasteiger partial charge is 0.438 e. The number of aromatic nitrogens is 2. The van der Waals surface area contributed by atoms with Crippen LogP contribution < -0.4 is 10.1 Å². The third-order valence-corrected chi connectivity index (χ3v) is 3.30. The summed E-state index contributed by atoms with van der Waals surface area (Å²) < 4.78 is 6.94. The van der Waals surface area contributed by atoms with Gasteiger partial charge < -0.3 is 10.1 Å². The van der Waals surface area contributed by atoms with Gasteiger partial charge in [0.15, 0.2) is 0 Å². The second-order valence-corrected chi connectivity index (χ2v) is 5.54. The Labute approximate surface area is 127 Å². The van der Waals surface area contributed by atoms with Gasteiger partial charge in [-0.15, -0.1) is 0 Å². The zero-order valence-corrected chi connectivity index (χ0v) is 13.5. The number of benzene rings is 1. The van der Waals surface area contributed by atoms with Crippen LogP contribution in [-0.4, -0.2) is 16.5 Å². The molecule has 1 aromatic heterocycles. The number of rotatable bonds is 5. The van der Waals surface area contributed by atoms with E-state index in [1.165, 1.54) is 0 Å². The summed E-state index contributed by atoms with van der Waals surface area (Å²) in [5, 5.41) is 3.16. The summed E-state index contributed by atoms with van der Waals surface area (Å²) >= 11 is 3.45. The lowest BCUT2D eigenvalue weighted by Crippen LogP contribution is -2.05. The summed E-state index contributed by atoms with van der Waals surface area (Å²) in [6.07, 6.45) is 2.80. The molecule has 0 bridgehead atoms. The summed E-state index contributed by atoms with van der Waals surface area (Å²) in [5.74, 6) is 1.99. The fourth-order valence-electron chi connectivity index (χ4n) is 1.68. The quantitative estimate of drug-likeness (QED) is 0.875. The molecule has 4 nitrogen and oxygen atoms in total. The second-order valence-electron chi connectivity index (χ2n) is 4.62. The molecule has 1 aromatic carbocycles. The number of anilines is 1. The highest BCUT2D eigenvalue weighted by Gasteiger charge is 2.08. The van der Waals surface area contributed by atoms with E-state index < -0.39 is 0 Å². The van der Waals surface area contributed by atoms with E-state index in [1.807, 2.05) is 32.0 Å². The van der Waals surface area contributed by atoms with Crippen LogP contribution in [0.2, 0.25) is 0 Å². The minimum Gasteiger partial charge on any atom is -0.438 e. The molecule has 106 valence electrons. The van der Waals surface area contributed by atoms with Gasteiger partial charge in [0.05, 0.1) is 0 Å². The summed E-state index contributed by atoms with van der Waals surface area (Å²) in [6, 6.07) is 5.90. The lowest BCUT2D eigenvalue weighted by atomic mass is 10.2. The zero-order valence-electron chi connectivity index (χ0n) is 11.9. The van der Waals surface area contributed by atoms with Crippen LogP contribution in [0.25, 0.3) is 0 Å². The molecule has 0 radical (unpaired) electrons. The first-order valence-corrected chi connectivity index (χ1v) is 7.41. The van der Waals surface area contributed by atoms with E-state index in [-0.39, 0.29) is 0 Å². The maximum absolute atomic E-state index is 5.90. The SMILES string of the molecule is CCCNc1ncc(C)c(Oc2ccc(Br)cc2C)n1. The molecule has 0 spiro atoms. The first-order chi connectivity index (χ1) is 9.60. The van der Waals surface area contributed by atoms with E-state index in [0.29, 0.717) is 11.8 Å². The van der Waals surface area contributed by atoms with Crippen LogP contribution in [0.15, 0.2) is 28.9 Å². The normalized spacial score (nSPS) is 10.4. The Morgan fingerprint density at radius 1 is 1.25 bits per heavy atom. The van der Waals surface area contributed by atoms with Crippen LogP contribution >= 0.6 is 15.9 Å². The van der Waals surface area contributed by atoms with Gasteiger partial charge in [0.1, 0.15) is 5.75 Å². The molecule has 20 heavy (non-hydrogen) atoms. The predicted octanol–water partition coefficient (Wildman–Crippen LogP) is 4.47. The Morgan fingerprint density at radius 3 is 2.75 bits per heavy atom. The molecule has 0 saturated heterocycles. The average Bonchev–Trinajstić information content (AvgIpc) is 2.42. The van der Waals surface area contributed by atoms with Crippen LogP contribution in [0.1, 0.15) is 24.5 Å². The van der Waals surface area contributed by atoms with Crippen molar-refractivity contribution in [2.45, 2.75) is 27.2 Å². The molecule has 2 rings (SSSR count). The number of ether oxygens (including phenoxy) is 1. The Morgan fingerprint density at radius 2 is 2.05 bits per heavy atom. The minimum atomic E-state index is 0.587. The maximum atomic E-state index is 5.90. The first kappa shape index (κ1) is 14.8. The number of nitrogens with one attached hydrogen (secondary N) is 1. The van der Waals surface area contributed by atoms with E-state index in [9.17, 15) is 0 Å². The highest BCUT2D eigenvalue weighted by Crippen LogP contribution is 2.28. The van der Waals surface area contributed by atoms with Crippen molar-refractivity contribution in [3.05, 3.63) is 40.0 Å². The molecular weight excluding hydrogens is 318 g/mol. The minimum absolute atomic E-state index is 0.587. The smallest absolute Gasteiger partial charge is 0.226 e. The van der Waals surface area contributed by atoms with Crippen molar-refractivity contribution in [2.75, 3.05) is 11.9 Å². The van der Waals surface area contributed by atoms with Crippen LogP contribution in [-0.2, 0) is 0 Å². The van der Waals surface area contributed by atoms with Crippen molar-refractivity contribution in [3.63, 3.8) is 0 Å². The predicted molar refractivity (Wildman–Crippen MR) is 84.5 cm³/mol. The van der Waals surface area contributed by atoms with E-state index in [0.717, 1.165) is 34.3 Å². The van der Waals surface area contributed by atoms with Crippen molar-refractivity contribution in [2.24, 2.45) is 0 Å². The zero-order chi connectivity index (χ0) is 14.5. The summed E-state index contributed by atoms with van der Waals surface area (Å²) in [6.45, 7) is 6.89. The molecule has 0 unspecified atom stereocenters. The Bertz CT molecular complexity index is 602. The van der Waals surface area contributed by atoms with Gasteiger partial charge in [0.2, 0.25) is 11.8 Å². The monoisotopic (exact) mass is 335 g/mol. The van der Waals surface area contributed by atoms with Crippen LogP contribution in [0, 0.1) is 13.8 Å². The lowest BCUT2D eigenvalue weighted by molar-refractivity contribution is 0.454. The molecule has 0 fully saturated rings. The number of nitrogens with zero attached hydrogens (tertiary/aromatic N) is 2. The Hall–Kier alpha value is -1.62. The first-order valence-electron chi connectivity index (χ1n) is 6.61. The highest BCUT2D eigenvalue weighted by atomic mass is 79.9. The number of hydrogen-bond donors (Lipinski definition) is 1. The molecule has 0 aliphatic carbocycles. The van der Waals surface area contributed by atoms with Gasteiger partial charge in [-0.3, -0.25) is 0 Å². The number of aryl methyl sites for hydroxylation is 2. The second kappa shape index (κ2) is 6.70. The molecule has 0 amide bonds. The number of halogens is 1. The highest BCUT2D eigenvalue weighted by molar-refractivity contribution is 9.10. The van der Waals surface area contributed by atoms with Crippen molar-refractivity contribution in [3.8, 4) is 11.6 Å². The van der Waals surface area contributed by atoms with Crippen LogP contribution in [0.5, 0.6) is 11.6 Å². The van der Waals surface area contributed by atoms with Gasteiger partial charge >= 0.3 is 0 Å². The van der Waals surface area contributed by atoms with E-state index >= 15 is 0 Å².